The second-order valence-electron chi connectivity index (χ2n) is 9.15. The number of hydrogen-bond donors (Lipinski definition) is 1. The van der Waals surface area contributed by atoms with E-state index in [1.807, 2.05) is 6.92 Å². The molecule has 1 aromatic carbocycles. The van der Waals surface area contributed by atoms with Gasteiger partial charge in [-0.3, -0.25) is 9.10 Å². The van der Waals surface area contributed by atoms with Crippen molar-refractivity contribution < 1.29 is 13.2 Å². The van der Waals surface area contributed by atoms with Crippen LogP contribution in [-0.4, -0.2) is 32.2 Å². The third kappa shape index (κ3) is 3.78. The van der Waals surface area contributed by atoms with Crippen molar-refractivity contribution in [3.8, 4) is 0 Å². The number of hydrogen-bond acceptors (Lipinski definition) is 3. The average molecular weight is 425 g/mol. The summed E-state index contributed by atoms with van der Waals surface area (Å²) in [6, 6.07) is 5.86. The summed E-state index contributed by atoms with van der Waals surface area (Å²) in [5, 5.41) is 3.87. The summed E-state index contributed by atoms with van der Waals surface area (Å²) >= 11 is 5.96. The first-order valence-corrected chi connectivity index (χ1v) is 12.5. The molecule has 7 heteroatoms. The van der Waals surface area contributed by atoms with Gasteiger partial charge in [-0.15, -0.1) is 0 Å². The number of amides is 1. The molecule has 0 heterocycles. The molecule has 1 amide bonds. The molecule has 154 valence electrons. The minimum Gasteiger partial charge on any atom is -0.349 e. The van der Waals surface area contributed by atoms with E-state index in [2.05, 4.69) is 5.32 Å². The molecule has 5 nitrogen and oxygen atoms in total. The molecule has 4 fully saturated rings. The fourth-order valence-corrected chi connectivity index (χ4v) is 7.59. The third-order valence-corrected chi connectivity index (χ3v) is 8.27. The van der Waals surface area contributed by atoms with Crippen LogP contribution >= 0.6 is 11.6 Å². The Morgan fingerprint density at radius 3 is 2.07 bits per heavy atom. The molecule has 0 aromatic heterocycles. The number of halogens is 1. The van der Waals surface area contributed by atoms with E-state index in [1.54, 1.807) is 24.3 Å². The van der Waals surface area contributed by atoms with Crippen LogP contribution in [0, 0.1) is 17.8 Å². The van der Waals surface area contributed by atoms with Gasteiger partial charge in [0.25, 0.3) is 0 Å². The Hall–Kier alpha value is -1.27. The van der Waals surface area contributed by atoms with Gasteiger partial charge < -0.3 is 5.32 Å². The van der Waals surface area contributed by atoms with Gasteiger partial charge in [0.2, 0.25) is 15.9 Å². The highest BCUT2D eigenvalue weighted by molar-refractivity contribution is 7.92. The van der Waals surface area contributed by atoms with Gasteiger partial charge >= 0.3 is 0 Å². The molecule has 5 rings (SSSR count). The van der Waals surface area contributed by atoms with Crippen LogP contribution in [-0.2, 0) is 14.8 Å². The Morgan fingerprint density at radius 1 is 1.14 bits per heavy atom. The molecular formula is C21H29ClN2O3S. The lowest BCUT2D eigenvalue weighted by Crippen LogP contribution is -2.63. The topological polar surface area (TPSA) is 66.5 Å². The van der Waals surface area contributed by atoms with Gasteiger partial charge in [0.1, 0.15) is 6.04 Å². The van der Waals surface area contributed by atoms with Gasteiger partial charge in [-0.05, 0) is 87.0 Å². The van der Waals surface area contributed by atoms with Gasteiger partial charge in [-0.1, -0.05) is 18.5 Å². The van der Waals surface area contributed by atoms with Crippen molar-refractivity contribution in [2.24, 2.45) is 17.8 Å². The second-order valence-corrected chi connectivity index (χ2v) is 11.4. The summed E-state index contributed by atoms with van der Waals surface area (Å²) in [7, 11) is -3.62. The van der Waals surface area contributed by atoms with Gasteiger partial charge in [0.05, 0.1) is 11.9 Å². The quantitative estimate of drug-likeness (QED) is 0.751. The van der Waals surface area contributed by atoms with Crippen LogP contribution in [0.25, 0.3) is 0 Å². The van der Waals surface area contributed by atoms with Crippen molar-refractivity contribution in [2.45, 2.75) is 63.5 Å². The Bertz CT molecular complexity index is 818. The zero-order valence-corrected chi connectivity index (χ0v) is 18.1. The summed E-state index contributed by atoms with van der Waals surface area (Å²) in [6.07, 6.45) is 8.59. The molecule has 4 bridgehead atoms. The van der Waals surface area contributed by atoms with E-state index in [0.29, 0.717) is 34.9 Å². The molecule has 4 saturated carbocycles. The highest BCUT2D eigenvalue weighted by atomic mass is 35.5. The molecule has 4 aliphatic carbocycles. The van der Waals surface area contributed by atoms with Crippen LogP contribution < -0.4 is 9.62 Å². The number of nitrogens with zero attached hydrogens (tertiary/aromatic N) is 1. The Labute approximate surface area is 172 Å². The van der Waals surface area contributed by atoms with Crippen molar-refractivity contribution >= 4 is 33.2 Å². The fraction of sp³-hybridized carbons (Fsp3) is 0.667. The van der Waals surface area contributed by atoms with E-state index in [1.165, 1.54) is 23.6 Å². The lowest BCUT2D eigenvalue weighted by Gasteiger charge is -2.57. The molecule has 0 aliphatic heterocycles. The lowest BCUT2D eigenvalue weighted by molar-refractivity contribution is -0.128. The molecule has 0 radical (unpaired) electrons. The van der Waals surface area contributed by atoms with E-state index >= 15 is 0 Å². The first-order chi connectivity index (χ1) is 13.2. The molecule has 1 aromatic rings. The molecule has 0 saturated heterocycles. The van der Waals surface area contributed by atoms with E-state index < -0.39 is 16.1 Å². The smallest absolute Gasteiger partial charge is 0.244 e. The lowest BCUT2D eigenvalue weighted by atomic mass is 9.53. The van der Waals surface area contributed by atoms with E-state index in [0.717, 1.165) is 25.5 Å². The summed E-state index contributed by atoms with van der Waals surface area (Å²) in [6.45, 7) is 1.86. The maximum atomic E-state index is 13.3. The first-order valence-electron chi connectivity index (χ1n) is 10.3. The number of anilines is 1. The average Bonchev–Trinajstić information content (AvgIpc) is 2.57. The van der Waals surface area contributed by atoms with Crippen molar-refractivity contribution in [3.05, 3.63) is 29.3 Å². The van der Waals surface area contributed by atoms with Crippen LogP contribution in [0.1, 0.15) is 51.9 Å². The maximum Gasteiger partial charge on any atom is 0.244 e. The zero-order chi connectivity index (χ0) is 20.1. The predicted octanol–water partition coefficient (Wildman–Crippen LogP) is 3.97. The van der Waals surface area contributed by atoms with E-state index in [9.17, 15) is 13.2 Å². The minimum atomic E-state index is -3.62. The van der Waals surface area contributed by atoms with Crippen molar-refractivity contribution in [2.75, 3.05) is 10.6 Å². The molecule has 0 unspecified atom stereocenters. The first kappa shape index (κ1) is 20.0. The van der Waals surface area contributed by atoms with Crippen molar-refractivity contribution in [1.82, 2.24) is 5.32 Å². The summed E-state index contributed by atoms with van der Waals surface area (Å²) in [5.74, 6) is 1.97. The summed E-state index contributed by atoms with van der Waals surface area (Å²) in [5.41, 5.74) is 0.335. The highest BCUT2D eigenvalue weighted by Gasteiger charge is 2.52. The number of benzene rings is 1. The van der Waals surface area contributed by atoms with Crippen molar-refractivity contribution in [3.63, 3.8) is 0 Å². The van der Waals surface area contributed by atoms with Crippen LogP contribution in [0.4, 0.5) is 5.69 Å². The van der Waals surface area contributed by atoms with Crippen LogP contribution in [0.2, 0.25) is 5.02 Å². The highest BCUT2D eigenvalue weighted by Crippen LogP contribution is 2.55. The Kier molecular flexibility index (Phi) is 5.15. The largest absolute Gasteiger partial charge is 0.349 e. The van der Waals surface area contributed by atoms with Gasteiger partial charge in [0.15, 0.2) is 0 Å². The Morgan fingerprint density at radius 2 is 1.64 bits per heavy atom. The predicted molar refractivity (Wildman–Crippen MR) is 112 cm³/mol. The third-order valence-electron chi connectivity index (χ3n) is 6.84. The zero-order valence-electron chi connectivity index (χ0n) is 16.5. The maximum absolute atomic E-state index is 13.3. The molecular weight excluding hydrogens is 396 g/mol. The van der Waals surface area contributed by atoms with Gasteiger partial charge in [0, 0.05) is 10.6 Å². The van der Waals surface area contributed by atoms with Gasteiger partial charge in [-0.2, -0.15) is 0 Å². The number of carbonyl (C=O) groups excluding carboxylic acids is 1. The summed E-state index contributed by atoms with van der Waals surface area (Å²) < 4.78 is 26.4. The van der Waals surface area contributed by atoms with E-state index in [4.69, 9.17) is 11.6 Å². The van der Waals surface area contributed by atoms with E-state index in [-0.39, 0.29) is 11.4 Å². The number of sulfonamides is 1. The molecule has 28 heavy (non-hydrogen) atoms. The van der Waals surface area contributed by atoms with Crippen LogP contribution in [0.3, 0.4) is 0 Å². The standard InChI is InChI=1S/C21H29ClN2O3S/c1-3-19(24(28(2,26)27)18-6-4-17(22)5-7-18)20(25)23-21-11-14-8-15(12-21)10-16(9-14)13-21/h4-7,14-16,19H,3,8-13H2,1-2H3,(H,23,25)/t14?,15?,16?,19-,21?/m1/s1. The normalized spacial score (nSPS) is 32.2. The van der Waals surface area contributed by atoms with Gasteiger partial charge in [-0.25, -0.2) is 8.42 Å². The van der Waals surface area contributed by atoms with Crippen molar-refractivity contribution in [1.29, 1.82) is 0 Å². The molecule has 0 spiro atoms. The fourth-order valence-electron chi connectivity index (χ4n) is 6.26. The SMILES string of the molecule is CC[C@H](C(=O)NC12CC3CC(CC(C3)C1)C2)N(c1ccc(Cl)cc1)S(C)(=O)=O. The molecule has 1 atom stereocenters. The number of carbonyl (C=O) groups is 1. The molecule has 4 aliphatic rings. The van der Waals surface area contributed by atoms with Crippen LogP contribution in [0.15, 0.2) is 24.3 Å². The number of nitrogens with one attached hydrogen (secondary N) is 1. The monoisotopic (exact) mass is 424 g/mol. The summed E-state index contributed by atoms with van der Waals surface area (Å²) in [4.78, 5) is 13.3. The second kappa shape index (κ2) is 7.21. The Balaban J connectivity index is 1.59. The minimum absolute atomic E-state index is 0.136. The van der Waals surface area contributed by atoms with Crippen LogP contribution in [0.5, 0.6) is 0 Å². The molecule has 1 N–H and O–H groups in total. The number of rotatable bonds is 6.